The van der Waals surface area contributed by atoms with Crippen molar-refractivity contribution in [3.8, 4) is 5.75 Å². The fourth-order valence-corrected chi connectivity index (χ4v) is 3.84. The molecule has 0 bridgehead atoms. The molecule has 13 nitrogen and oxygen atoms in total. The van der Waals surface area contributed by atoms with E-state index < -0.39 is 80.2 Å². The van der Waals surface area contributed by atoms with Crippen molar-refractivity contribution in [2.45, 2.75) is 51.4 Å². The molecule has 1 aromatic rings. The largest absolute Gasteiger partial charge is 0.482 e. The summed E-state index contributed by atoms with van der Waals surface area (Å²) < 4.78 is 37.0. The topological polar surface area (TPSA) is 162 Å². The van der Waals surface area contributed by atoms with E-state index >= 15 is 0 Å². The van der Waals surface area contributed by atoms with Crippen LogP contribution in [0, 0.1) is 0 Å². The lowest BCUT2D eigenvalue weighted by molar-refractivity contribution is -0.274. The summed E-state index contributed by atoms with van der Waals surface area (Å²) in [7, 11) is 1.13. The number of ether oxygens (including phenoxy) is 7. The van der Waals surface area contributed by atoms with Crippen LogP contribution in [0.3, 0.4) is 0 Å². The summed E-state index contributed by atoms with van der Waals surface area (Å²) in [5, 5.41) is 3.07. The Labute approximate surface area is 227 Å². The smallest absolute Gasteiger partial charge is 0.331 e. The van der Waals surface area contributed by atoms with Crippen LogP contribution in [0.25, 0.3) is 0 Å². The van der Waals surface area contributed by atoms with E-state index in [2.05, 4.69) is 10.1 Å². The third-order valence-electron chi connectivity index (χ3n) is 4.88. The molecule has 0 saturated carbocycles. The summed E-state index contributed by atoms with van der Waals surface area (Å²) in [5.41, 5.74) is 0. The SMILES string of the molecule is COC(=O)CO[C@@H]1[C@H](NC(=O)COc2ccc(Cl)cc2Cl)[C@H](OC(C)=O)O[C@H](COC(C)=O)[C@H]1OC(C)=O. The number of halogens is 2. The highest BCUT2D eigenvalue weighted by Crippen LogP contribution is 2.29. The number of nitrogens with one attached hydrogen (secondary N) is 1. The second kappa shape index (κ2) is 14.7. The maximum absolute atomic E-state index is 12.8. The predicted molar refractivity (Wildman–Crippen MR) is 128 cm³/mol. The monoisotopic (exact) mass is 579 g/mol. The van der Waals surface area contributed by atoms with Gasteiger partial charge in [-0.1, -0.05) is 23.2 Å². The Bertz CT molecular complexity index is 1040. The summed E-state index contributed by atoms with van der Waals surface area (Å²) in [6, 6.07) is 3.07. The van der Waals surface area contributed by atoms with E-state index in [4.69, 9.17) is 51.6 Å². The van der Waals surface area contributed by atoms with E-state index in [1.54, 1.807) is 0 Å². The van der Waals surface area contributed by atoms with Gasteiger partial charge in [0, 0.05) is 25.8 Å². The van der Waals surface area contributed by atoms with Crippen LogP contribution < -0.4 is 10.1 Å². The highest BCUT2D eigenvalue weighted by molar-refractivity contribution is 6.35. The minimum Gasteiger partial charge on any atom is -0.482 e. The third kappa shape index (κ3) is 9.63. The third-order valence-corrected chi connectivity index (χ3v) is 5.41. The van der Waals surface area contributed by atoms with Gasteiger partial charge in [0.2, 0.25) is 6.29 Å². The minimum atomic E-state index is -1.51. The fourth-order valence-electron chi connectivity index (χ4n) is 3.37. The molecule has 38 heavy (non-hydrogen) atoms. The first-order chi connectivity index (χ1) is 17.9. The Hall–Kier alpha value is -3.13. The van der Waals surface area contributed by atoms with Gasteiger partial charge in [0.15, 0.2) is 12.7 Å². The second-order valence-corrected chi connectivity index (χ2v) is 8.68. The molecule has 1 aromatic carbocycles. The van der Waals surface area contributed by atoms with Gasteiger partial charge >= 0.3 is 23.9 Å². The van der Waals surface area contributed by atoms with Gasteiger partial charge < -0.3 is 38.5 Å². The van der Waals surface area contributed by atoms with Crippen molar-refractivity contribution in [1.29, 1.82) is 0 Å². The number of amides is 1. The van der Waals surface area contributed by atoms with Crippen LogP contribution in [0.4, 0.5) is 0 Å². The van der Waals surface area contributed by atoms with Crippen molar-refractivity contribution in [1.82, 2.24) is 5.32 Å². The quantitative estimate of drug-likeness (QED) is 0.295. The average Bonchev–Trinajstić information content (AvgIpc) is 2.82. The lowest BCUT2D eigenvalue weighted by Crippen LogP contribution is -2.67. The number of carbonyl (C=O) groups is 5. The maximum atomic E-state index is 12.8. The predicted octanol–water partition coefficient (Wildman–Crippen LogP) is 1.20. The van der Waals surface area contributed by atoms with E-state index in [1.165, 1.54) is 18.2 Å². The van der Waals surface area contributed by atoms with E-state index in [0.29, 0.717) is 5.02 Å². The number of hydrogen-bond donors (Lipinski definition) is 1. The van der Waals surface area contributed by atoms with Gasteiger partial charge in [0.05, 0.1) is 12.1 Å². The molecule has 15 heteroatoms. The molecule has 5 atom stereocenters. The van der Waals surface area contributed by atoms with Crippen molar-refractivity contribution in [2.75, 3.05) is 26.9 Å². The minimum absolute atomic E-state index is 0.159. The van der Waals surface area contributed by atoms with Gasteiger partial charge in [-0.15, -0.1) is 0 Å². The van der Waals surface area contributed by atoms with Gasteiger partial charge in [-0.3, -0.25) is 19.2 Å². The van der Waals surface area contributed by atoms with Gasteiger partial charge in [-0.05, 0) is 18.2 Å². The van der Waals surface area contributed by atoms with E-state index in [-0.39, 0.29) is 10.8 Å². The van der Waals surface area contributed by atoms with Gasteiger partial charge in [0.1, 0.15) is 37.2 Å². The van der Waals surface area contributed by atoms with E-state index in [0.717, 1.165) is 27.9 Å². The van der Waals surface area contributed by atoms with Crippen LogP contribution in [-0.2, 0) is 52.4 Å². The Kier molecular flexibility index (Phi) is 12.0. The summed E-state index contributed by atoms with van der Waals surface area (Å²) in [5.74, 6) is -3.59. The number of hydrogen-bond acceptors (Lipinski definition) is 12. The Morgan fingerprint density at radius 2 is 1.63 bits per heavy atom. The van der Waals surface area contributed by atoms with E-state index in [9.17, 15) is 24.0 Å². The molecule has 0 aromatic heterocycles. The number of carbonyl (C=O) groups excluding carboxylic acids is 5. The maximum Gasteiger partial charge on any atom is 0.331 e. The van der Waals surface area contributed by atoms with Gasteiger partial charge in [0.25, 0.3) is 5.91 Å². The normalized spacial score (nSPS) is 22.5. The van der Waals surface area contributed by atoms with E-state index in [1.807, 2.05) is 0 Å². The molecule has 0 unspecified atom stereocenters. The van der Waals surface area contributed by atoms with Crippen molar-refractivity contribution < 1.29 is 57.1 Å². The van der Waals surface area contributed by atoms with Crippen LogP contribution in [0.15, 0.2) is 18.2 Å². The first kappa shape index (κ1) is 31.1. The summed E-state index contributed by atoms with van der Waals surface area (Å²) >= 11 is 11.9. The van der Waals surface area contributed by atoms with Crippen LogP contribution in [0.5, 0.6) is 5.75 Å². The number of methoxy groups -OCH3 is 1. The molecular weight excluding hydrogens is 553 g/mol. The molecule has 0 aliphatic carbocycles. The molecule has 1 aliphatic heterocycles. The Morgan fingerprint density at radius 1 is 0.947 bits per heavy atom. The second-order valence-electron chi connectivity index (χ2n) is 7.84. The Balaban J connectivity index is 2.34. The lowest BCUT2D eigenvalue weighted by atomic mass is 9.96. The molecule has 1 fully saturated rings. The molecule has 0 spiro atoms. The molecule has 2 rings (SSSR count). The number of rotatable bonds is 11. The zero-order valence-electron chi connectivity index (χ0n) is 20.9. The summed E-state index contributed by atoms with van der Waals surface area (Å²) in [6.07, 6.45) is -5.36. The van der Waals surface area contributed by atoms with Crippen LogP contribution >= 0.6 is 23.2 Å². The first-order valence-electron chi connectivity index (χ1n) is 11.1. The van der Waals surface area contributed by atoms with Gasteiger partial charge in [-0.25, -0.2) is 4.79 Å². The highest BCUT2D eigenvalue weighted by atomic mass is 35.5. The summed E-state index contributed by atoms with van der Waals surface area (Å²) in [4.78, 5) is 59.8. The zero-order chi connectivity index (χ0) is 28.4. The molecule has 1 saturated heterocycles. The molecule has 0 radical (unpaired) electrons. The number of esters is 4. The fraction of sp³-hybridized carbons (Fsp3) is 0.522. The van der Waals surface area contributed by atoms with Crippen LogP contribution in [0.2, 0.25) is 10.0 Å². The Morgan fingerprint density at radius 3 is 2.21 bits per heavy atom. The zero-order valence-corrected chi connectivity index (χ0v) is 22.4. The molecule has 1 amide bonds. The molecule has 1 heterocycles. The number of benzene rings is 1. The van der Waals surface area contributed by atoms with Crippen LogP contribution in [0.1, 0.15) is 20.8 Å². The van der Waals surface area contributed by atoms with Gasteiger partial charge in [-0.2, -0.15) is 0 Å². The summed E-state index contributed by atoms with van der Waals surface area (Å²) in [6.45, 7) is 1.74. The standard InChI is InChI=1S/C23H27Cl2NO12/c1-11(27)33-8-17-21(36-12(2)28)22(35-10-19(31)32-4)20(23(38-17)37-13(3)29)26-18(30)9-34-16-6-5-14(24)7-15(16)25/h5-7,17,20-23H,8-10H2,1-4H3,(H,26,30)/t17-,20+,21-,22-,23-/m1/s1. The van der Waals surface area contributed by atoms with Crippen molar-refractivity contribution in [2.24, 2.45) is 0 Å². The van der Waals surface area contributed by atoms with Crippen molar-refractivity contribution in [3.63, 3.8) is 0 Å². The molecular formula is C23H27Cl2NO12. The van der Waals surface area contributed by atoms with Crippen molar-refractivity contribution in [3.05, 3.63) is 28.2 Å². The molecule has 1 aliphatic rings. The molecule has 210 valence electrons. The average molecular weight is 580 g/mol. The van der Waals surface area contributed by atoms with Crippen LogP contribution in [-0.4, -0.2) is 87.4 Å². The lowest BCUT2D eigenvalue weighted by Gasteiger charge is -2.44. The first-order valence-corrected chi connectivity index (χ1v) is 11.9. The highest BCUT2D eigenvalue weighted by Gasteiger charge is 2.51. The molecule has 1 N–H and O–H groups in total. The van der Waals surface area contributed by atoms with Crippen molar-refractivity contribution >= 4 is 53.0 Å².